The minimum Gasteiger partial charge on any atom is -0.481 e. The fraction of sp³-hybridized carbons (Fsp3) is 0.100. The van der Waals surface area contributed by atoms with Gasteiger partial charge in [-0.05, 0) is 24.4 Å². The van der Waals surface area contributed by atoms with Crippen molar-refractivity contribution < 1.29 is 18.7 Å². The molecule has 0 amide bonds. The van der Waals surface area contributed by atoms with E-state index in [4.69, 9.17) is 9.52 Å². The van der Waals surface area contributed by atoms with E-state index < -0.39 is 17.7 Å². The van der Waals surface area contributed by atoms with Gasteiger partial charge < -0.3 is 14.8 Å². The second kappa shape index (κ2) is 6.15. The fourth-order valence-electron chi connectivity index (χ4n) is 2.95. The molecular weight excluding hydrogens is 335 g/mol. The van der Waals surface area contributed by atoms with E-state index >= 15 is 0 Å². The SMILES string of the molecule is CC(C(=O)O)c1ccc2nc(Nc3cccc4ccccc34)oc2c1F. The largest absolute Gasteiger partial charge is 0.481 e. The summed E-state index contributed by atoms with van der Waals surface area (Å²) in [5, 5.41) is 14.2. The van der Waals surface area contributed by atoms with Gasteiger partial charge in [0.15, 0.2) is 11.4 Å². The summed E-state index contributed by atoms with van der Waals surface area (Å²) < 4.78 is 20.2. The molecular formula is C20H15FN2O3. The highest BCUT2D eigenvalue weighted by molar-refractivity contribution is 5.95. The van der Waals surface area contributed by atoms with Crippen molar-refractivity contribution in [2.24, 2.45) is 0 Å². The number of halogens is 1. The summed E-state index contributed by atoms with van der Waals surface area (Å²) in [7, 11) is 0. The summed E-state index contributed by atoms with van der Waals surface area (Å²) in [6, 6.07) is 16.8. The van der Waals surface area contributed by atoms with Crippen molar-refractivity contribution >= 4 is 39.5 Å². The predicted octanol–water partition coefficient (Wildman–Crippen LogP) is 5.05. The highest BCUT2D eigenvalue weighted by Gasteiger charge is 2.22. The number of hydrogen-bond acceptors (Lipinski definition) is 4. The van der Waals surface area contributed by atoms with Crippen LogP contribution in [0.25, 0.3) is 21.9 Å². The molecule has 0 fully saturated rings. The summed E-state index contributed by atoms with van der Waals surface area (Å²) in [4.78, 5) is 15.4. The quantitative estimate of drug-likeness (QED) is 0.538. The van der Waals surface area contributed by atoms with Crippen LogP contribution in [-0.2, 0) is 4.79 Å². The molecule has 1 unspecified atom stereocenters. The molecule has 0 radical (unpaired) electrons. The highest BCUT2D eigenvalue weighted by atomic mass is 19.1. The minimum absolute atomic E-state index is 0.0571. The van der Waals surface area contributed by atoms with Crippen LogP contribution in [0.4, 0.5) is 16.1 Å². The summed E-state index contributed by atoms with van der Waals surface area (Å²) in [5.74, 6) is -2.77. The Hall–Kier alpha value is -3.41. The number of nitrogens with zero attached hydrogens (tertiary/aromatic N) is 1. The monoisotopic (exact) mass is 350 g/mol. The Morgan fingerprint density at radius 3 is 2.73 bits per heavy atom. The molecule has 0 spiro atoms. The third kappa shape index (κ3) is 2.65. The Morgan fingerprint density at radius 2 is 1.92 bits per heavy atom. The Kier molecular flexibility index (Phi) is 3.80. The number of carboxylic acids is 1. The first kappa shape index (κ1) is 16.1. The van der Waals surface area contributed by atoms with E-state index in [-0.39, 0.29) is 17.2 Å². The maximum absolute atomic E-state index is 14.7. The Labute approximate surface area is 148 Å². The lowest BCUT2D eigenvalue weighted by atomic mass is 10.0. The van der Waals surface area contributed by atoms with Gasteiger partial charge in [-0.15, -0.1) is 0 Å². The second-order valence-electron chi connectivity index (χ2n) is 6.05. The molecule has 4 aromatic rings. The minimum atomic E-state index is -1.10. The van der Waals surface area contributed by atoms with Crippen LogP contribution < -0.4 is 5.32 Å². The molecule has 2 N–H and O–H groups in total. The lowest BCUT2D eigenvalue weighted by Crippen LogP contribution is -2.09. The molecule has 1 atom stereocenters. The number of hydrogen-bond donors (Lipinski definition) is 2. The van der Waals surface area contributed by atoms with Gasteiger partial charge in [-0.1, -0.05) is 42.5 Å². The van der Waals surface area contributed by atoms with Gasteiger partial charge in [0.2, 0.25) is 0 Å². The summed E-state index contributed by atoms with van der Waals surface area (Å²) in [6.45, 7) is 1.43. The summed E-state index contributed by atoms with van der Waals surface area (Å²) in [5.41, 5.74) is 1.12. The van der Waals surface area contributed by atoms with Crippen LogP contribution in [0.3, 0.4) is 0 Å². The van der Waals surface area contributed by atoms with Crippen molar-refractivity contribution in [3.8, 4) is 0 Å². The van der Waals surface area contributed by atoms with Gasteiger partial charge in [0.25, 0.3) is 6.01 Å². The van der Waals surface area contributed by atoms with Crippen LogP contribution in [0, 0.1) is 5.82 Å². The smallest absolute Gasteiger partial charge is 0.310 e. The van der Waals surface area contributed by atoms with Crippen LogP contribution in [-0.4, -0.2) is 16.1 Å². The van der Waals surface area contributed by atoms with E-state index in [1.165, 1.54) is 13.0 Å². The van der Waals surface area contributed by atoms with Gasteiger partial charge in [0.05, 0.1) is 11.6 Å². The standard InChI is InChI=1S/C20H15FN2O3/c1-11(19(24)25)13-9-10-16-18(17(13)21)26-20(23-16)22-15-8-4-6-12-5-2-3-7-14(12)15/h2-11H,1H3,(H,22,23)(H,24,25). The zero-order valence-electron chi connectivity index (χ0n) is 13.9. The number of aliphatic carboxylic acids is 1. The molecule has 0 aliphatic rings. The summed E-state index contributed by atoms with van der Waals surface area (Å²) in [6.07, 6.45) is 0. The third-order valence-corrected chi connectivity index (χ3v) is 4.40. The first-order valence-corrected chi connectivity index (χ1v) is 8.11. The third-order valence-electron chi connectivity index (χ3n) is 4.40. The Balaban J connectivity index is 1.76. The number of rotatable bonds is 4. The van der Waals surface area contributed by atoms with Crippen LogP contribution in [0.15, 0.2) is 59.0 Å². The van der Waals surface area contributed by atoms with E-state index in [1.807, 2.05) is 42.5 Å². The molecule has 3 aromatic carbocycles. The number of anilines is 2. The molecule has 0 aliphatic heterocycles. The zero-order chi connectivity index (χ0) is 18.3. The van der Waals surface area contributed by atoms with Crippen LogP contribution in [0.1, 0.15) is 18.4 Å². The topological polar surface area (TPSA) is 75.4 Å². The number of nitrogens with one attached hydrogen (secondary N) is 1. The van der Waals surface area contributed by atoms with E-state index in [0.29, 0.717) is 5.52 Å². The zero-order valence-corrected chi connectivity index (χ0v) is 13.9. The van der Waals surface area contributed by atoms with Gasteiger partial charge >= 0.3 is 5.97 Å². The van der Waals surface area contributed by atoms with Gasteiger partial charge in [-0.25, -0.2) is 4.39 Å². The highest BCUT2D eigenvalue weighted by Crippen LogP contribution is 2.31. The molecule has 1 aromatic heterocycles. The van der Waals surface area contributed by atoms with Crippen LogP contribution in [0.5, 0.6) is 0 Å². The molecule has 0 saturated carbocycles. The molecule has 1 heterocycles. The Bertz CT molecular complexity index is 1130. The first-order valence-electron chi connectivity index (χ1n) is 8.11. The number of benzene rings is 3. The van der Waals surface area contributed by atoms with E-state index in [2.05, 4.69) is 10.3 Å². The Morgan fingerprint density at radius 1 is 1.15 bits per heavy atom. The second-order valence-corrected chi connectivity index (χ2v) is 6.05. The number of carboxylic acid groups (broad SMARTS) is 1. The normalized spacial score (nSPS) is 12.4. The van der Waals surface area contributed by atoms with Crippen molar-refractivity contribution in [3.05, 3.63) is 66.0 Å². The summed E-state index contributed by atoms with van der Waals surface area (Å²) >= 11 is 0. The number of carbonyl (C=O) groups is 1. The van der Waals surface area contributed by atoms with Crippen LogP contribution >= 0.6 is 0 Å². The van der Waals surface area contributed by atoms with Gasteiger partial charge in [-0.2, -0.15) is 4.98 Å². The van der Waals surface area contributed by atoms with Crippen molar-refractivity contribution in [2.75, 3.05) is 5.32 Å². The number of aromatic nitrogens is 1. The molecule has 0 saturated heterocycles. The lowest BCUT2D eigenvalue weighted by Gasteiger charge is -2.07. The average molecular weight is 350 g/mol. The maximum Gasteiger partial charge on any atom is 0.310 e. The van der Waals surface area contributed by atoms with Crippen molar-refractivity contribution in [1.29, 1.82) is 0 Å². The lowest BCUT2D eigenvalue weighted by molar-refractivity contribution is -0.138. The van der Waals surface area contributed by atoms with Gasteiger partial charge in [0, 0.05) is 10.9 Å². The van der Waals surface area contributed by atoms with Gasteiger partial charge in [-0.3, -0.25) is 4.79 Å². The number of fused-ring (bicyclic) bond motifs is 2. The van der Waals surface area contributed by atoms with E-state index in [9.17, 15) is 9.18 Å². The fourth-order valence-corrected chi connectivity index (χ4v) is 2.95. The molecule has 0 bridgehead atoms. The predicted molar refractivity (Wildman–Crippen MR) is 97.2 cm³/mol. The molecule has 5 nitrogen and oxygen atoms in total. The van der Waals surface area contributed by atoms with E-state index in [0.717, 1.165) is 16.5 Å². The molecule has 4 rings (SSSR count). The number of oxazole rings is 1. The van der Waals surface area contributed by atoms with Crippen LogP contribution in [0.2, 0.25) is 0 Å². The molecule has 130 valence electrons. The van der Waals surface area contributed by atoms with Crippen molar-refractivity contribution in [3.63, 3.8) is 0 Å². The average Bonchev–Trinajstić information content (AvgIpc) is 3.05. The van der Waals surface area contributed by atoms with Crippen molar-refractivity contribution in [2.45, 2.75) is 12.8 Å². The van der Waals surface area contributed by atoms with E-state index in [1.54, 1.807) is 6.07 Å². The molecule has 6 heteroatoms. The first-order chi connectivity index (χ1) is 12.5. The van der Waals surface area contributed by atoms with Crippen molar-refractivity contribution in [1.82, 2.24) is 4.98 Å². The maximum atomic E-state index is 14.7. The molecule has 26 heavy (non-hydrogen) atoms. The van der Waals surface area contributed by atoms with Gasteiger partial charge in [0.1, 0.15) is 5.52 Å². The molecule has 0 aliphatic carbocycles.